The van der Waals surface area contributed by atoms with Crippen molar-refractivity contribution in [2.75, 3.05) is 19.8 Å². The van der Waals surface area contributed by atoms with Gasteiger partial charge in [-0.05, 0) is 44.9 Å². The second-order valence-corrected chi connectivity index (χ2v) is 7.46. The zero-order valence-electron chi connectivity index (χ0n) is 13.9. The Morgan fingerprint density at radius 1 is 1.05 bits per heavy atom. The molecule has 0 heterocycles. The Hall–Kier alpha value is -1.21. The number of benzene rings is 1. The van der Waals surface area contributed by atoms with Gasteiger partial charge in [0.15, 0.2) is 0 Å². The first kappa shape index (κ1) is 18.8. The van der Waals surface area contributed by atoms with E-state index in [0.29, 0.717) is 31.6 Å². The maximum absolute atomic E-state index is 11.0. The standard InChI is InChI=1S/C16H26O5Si/c1-5-18-22(19-6-2,20-7-3)12-11-15-9-8-10-16(13-15)21-14(4)17/h8-10,13H,5-7,11-12H2,1-4H3. The molecule has 1 aromatic carbocycles. The van der Waals surface area contributed by atoms with Crippen molar-refractivity contribution in [2.24, 2.45) is 0 Å². The topological polar surface area (TPSA) is 54.0 Å². The predicted octanol–water partition coefficient (Wildman–Crippen LogP) is 3.20. The summed E-state index contributed by atoms with van der Waals surface area (Å²) < 4.78 is 22.6. The molecule has 6 heteroatoms. The Kier molecular flexibility index (Phi) is 8.33. The first-order chi connectivity index (χ1) is 10.5. The molecule has 0 aromatic heterocycles. The highest BCUT2D eigenvalue weighted by Gasteiger charge is 2.39. The lowest BCUT2D eigenvalue weighted by molar-refractivity contribution is -0.131. The quantitative estimate of drug-likeness (QED) is 0.375. The molecule has 0 bridgehead atoms. The van der Waals surface area contributed by atoms with E-state index in [1.54, 1.807) is 6.07 Å². The lowest BCUT2D eigenvalue weighted by atomic mass is 10.2. The van der Waals surface area contributed by atoms with Gasteiger partial charge in [-0.15, -0.1) is 0 Å². The molecule has 0 aliphatic rings. The van der Waals surface area contributed by atoms with Crippen molar-refractivity contribution in [2.45, 2.75) is 40.2 Å². The second-order valence-electron chi connectivity index (χ2n) is 4.72. The van der Waals surface area contributed by atoms with Gasteiger partial charge in [-0.2, -0.15) is 0 Å². The molecule has 0 unspecified atom stereocenters. The van der Waals surface area contributed by atoms with Crippen molar-refractivity contribution in [3.05, 3.63) is 29.8 Å². The fourth-order valence-electron chi connectivity index (χ4n) is 2.23. The van der Waals surface area contributed by atoms with Crippen molar-refractivity contribution < 1.29 is 22.8 Å². The van der Waals surface area contributed by atoms with Gasteiger partial charge in [0, 0.05) is 32.8 Å². The van der Waals surface area contributed by atoms with Crippen LogP contribution >= 0.6 is 0 Å². The summed E-state index contributed by atoms with van der Waals surface area (Å²) in [6, 6.07) is 8.20. The summed E-state index contributed by atoms with van der Waals surface area (Å²) in [5, 5.41) is 0. The Labute approximate surface area is 133 Å². The predicted molar refractivity (Wildman–Crippen MR) is 86.9 cm³/mol. The number of carbonyl (C=O) groups excluding carboxylic acids is 1. The summed E-state index contributed by atoms with van der Waals surface area (Å²) in [5.74, 6) is 0.236. The van der Waals surface area contributed by atoms with Gasteiger partial charge in [-0.3, -0.25) is 4.79 Å². The molecular weight excluding hydrogens is 300 g/mol. The number of rotatable bonds is 10. The molecule has 0 aliphatic heterocycles. The molecule has 1 aromatic rings. The van der Waals surface area contributed by atoms with Crippen molar-refractivity contribution in [1.29, 1.82) is 0 Å². The van der Waals surface area contributed by atoms with E-state index < -0.39 is 8.80 Å². The average molecular weight is 326 g/mol. The molecule has 0 fully saturated rings. The molecule has 5 nitrogen and oxygen atoms in total. The summed E-state index contributed by atoms with van der Waals surface area (Å²) in [6.07, 6.45) is 0.751. The van der Waals surface area contributed by atoms with Crippen LogP contribution in [-0.4, -0.2) is 34.6 Å². The van der Waals surface area contributed by atoms with Crippen LogP contribution in [0.3, 0.4) is 0 Å². The van der Waals surface area contributed by atoms with Gasteiger partial charge in [-0.25, -0.2) is 0 Å². The van der Waals surface area contributed by atoms with Crippen molar-refractivity contribution in [3.8, 4) is 5.75 Å². The number of esters is 1. The molecule has 0 amide bonds. The van der Waals surface area contributed by atoms with Crippen molar-refractivity contribution in [3.63, 3.8) is 0 Å². The first-order valence-corrected chi connectivity index (χ1v) is 9.67. The zero-order chi connectivity index (χ0) is 16.4. The molecule has 0 radical (unpaired) electrons. The van der Waals surface area contributed by atoms with Crippen LogP contribution in [0.1, 0.15) is 33.3 Å². The van der Waals surface area contributed by atoms with E-state index in [0.717, 1.165) is 12.0 Å². The number of ether oxygens (including phenoxy) is 1. The van der Waals surface area contributed by atoms with E-state index in [-0.39, 0.29) is 5.97 Å². The van der Waals surface area contributed by atoms with E-state index in [4.69, 9.17) is 18.0 Å². The SMILES string of the molecule is CCO[Si](CCc1cccc(OC(C)=O)c1)(OCC)OCC. The van der Waals surface area contributed by atoms with Crippen LogP contribution in [0.5, 0.6) is 5.75 Å². The van der Waals surface area contributed by atoms with Crippen LogP contribution in [0, 0.1) is 0 Å². The second kappa shape index (κ2) is 9.73. The first-order valence-electron chi connectivity index (χ1n) is 7.74. The molecule has 0 N–H and O–H groups in total. The molecule has 0 atom stereocenters. The van der Waals surface area contributed by atoms with Crippen molar-refractivity contribution in [1.82, 2.24) is 0 Å². The fraction of sp³-hybridized carbons (Fsp3) is 0.562. The van der Waals surface area contributed by atoms with Crippen molar-refractivity contribution >= 4 is 14.8 Å². The molecule has 1 rings (SSSR count). The summed E-state index contributed by atoms with van der Waals surface area (Å²) in [7, 11) is -2.64. The van der Waals surface area contributed by atoms with Gasteiger partial charge >= 0.3 is 14.8 Å². The van der Waals surface area contributed by atoms with E-state index in [1.807, 2.05) is 39.0 Å². The monoisotopic (exact) mass is 326 g/mol. The summed E-state index contributed by atoms with van der Waals surface area (Å²) >= 11 is 0. The number of carbonyl (C=O) groups is 1. The molecule has 0 saturated heterocycles. The molecular formula is C16H26O5Si. The minimum Gasteiger partial charge on any atom is -0.427 e. The highest BCUT2D eigenvalue weighted by atomic mass is 28.4. The smallest absolute Gasteiger partial charge is 0.427 e. The van der Waals surface area contributed by atoms with E-state index in [2.05, 4.69) is 0 Å². The lowest BCUT2D eigenvalue weighted by Crippen LogP contribution is -2.46. The minimum absolute atomic E-state index is 0.321. The van der Waals surface area contributed by atoms with E-state index in [9.17, 15) is 4.79 Å². The van der Waals surface area contributed by atoms with Crippen LogP contribution in [0.15, 0.2) is 24.3 Å². The Morgan fingerprint density at radius 3 is 2.14 bits per heavy atom. The van der Waals surface area contributed by atoms with Gasteiger partial charge in [0.1, 0.15) is 5.75 Å². The number of hydrogen-bond acceptors (Lipinski definition) is 5. The summed E-state index contributed by atoms with van der Waals surface area (Å²) in [4.78, 5) is 11.0. The van der Waals surface area contributed by atoms with Gasteiger partial charge in [-0.1, -0.05) is 12.1 Å². The molecule has 0 saturated carbocycles. The highest BCUT2D eigenvalue weighted by molar-refractivity contribution is 6.60. The summed E-state index contributed by atoms with van der Waals surface area (Å²) in [5.41, 5.74) is 1.06. The van der Waals surface area contributed by atoms with Crippen LogP contribution < -0.4 is 4.74 Å². The normalized spacial score (nSPS) is 11.5. The van der Waals surface area contributed by atoms with Crippen LogP contribution in [0.2, 0.25) is 6.04 Å². The zero-order valence-corrected chi connectivity index (χ0v) is 14.9. The summed E-state index contributed by atoms with van der Waals surface area (Å²) in [6.45, 7) is 8.94. The van der Waals surface area contributed by atoms with Gasteiger partial charge < -0.3 is 18.0 Å². The third-order valence-corrected chi connectivity index (χ3v) is 6.02. The average Bonchev–Trinajstić information content (AvgIpc) is 2.46. The molecule has 22 heavy (non-hydrogen) atoms. The lowest BCUT2D eigenvalue weighted by Gasteiger charge is -2.28. The maximum Gasteiger partial charge on any atom is 0.501 e. The minimum atomic E-state index is -2.64. The largest absolute Gasteiger partial charge is 0.501 e. The Bertz CT molecular complexity index is 447. The van der Waals surface area contributed by atoms with Crippen LogP contribution in [0.25, 0.3) is 0 Å². The number of hydrogen-bond donors (Lipinski definition) is 0. The third-order valence-electron chi connectivity index (χ3n) is 2.97. The van der Waals surface area contributed by atoms with Gasteiger partial charge in [0.25, 0.3) is 0 Å². The highest BCUT2D eigenvalue weighted by Crippen LogP contribution is 2.21. The van der Waals surface area contributed by atoms with Crippen LogP contribution in [-0.2, 0) is 24.5 Å². The fourth-order valence-corrected chi connectivity index (χ4v) is 4.83. The van der Waals surface area contributed by atoms with E-state index in [1.165, 1.54) is 6.92 Å². The maximum atomic E-state index is 11.0. The Morgan fingerprint density at radius 2 is 1.64 bits per heavy atom. The molecule has 124 valence electrons. The van der Waals surface area contributed by atoms with Gasteiger partial charge in [0.2, 0.25) is 0 Å². The van der Waals surface area contributed by atoms with Crippen LogP contribution in [0.4, 0.5) is 0 Å². The molecule has 0 spiro atoms. The number of aryl methyl sites for hydroxylation is 1. The molecule has 0 aliphatic carbocycles. The van der Waals surface area contributed by atoms with E-state index >= 15 is 0 Å². The van der Waals surface area contributed by atoms with Gasteiger partial charge in [0.05, 0.1) is 0 Å². The third kappa shape index (κ3) is 6.27. The Balaban J connectivity index is 2.76.